The van der Waals surface area contributed by atoms with Crippen molar-refractivity contribution in [3.8, 4) is 0 Å². The molecule has 0 aliphatic carbocycles. The SMILES string of the molecule is CCN1CCCN2c3ccc(Cl)cc3CC2C1. The number of nitrogens with zero attached hydrogens (tertiary/aromatic N) is 2. The van der Waals surface area contributed by atoms with Crippen LogP contribution in [-0.2, 0) is 6.42 Å². The first-order valence-electron chi connectivity index (χ1n) is 6.55. The molecule has 0 spiro atoms. The largest absolute Gasteiger partial charge is 0.367 e. The maximum absolute atomic E-state index is 6.08. The van der Waals surface area contributed by atoms with Gasteiger partial charge in [-0.15, -0.1) is 0 Å². The number of benzene rings is 1. The molecule has 92 valence electrons. The summed E-state index contributed by atoms with van der Waals surface area (Å²) in [5.41, 5.74) is 2.85. The van der Waals surface area contributed by atoms with Crippen molar-refractivity contribution in [2.24, 2.45) is 0 Å². The van der Waals surface area contributed by atoms with Crippen LogP contribution in [0.15, 0.2) is 18.2 Å². The summed E-state index contributed by atoms with van der Waals surface area (Å²) in [6.07, 6.45) is 2.43. The van der Waals surface area contributed by atoms with Crippen LogP contribution < -0.4 is 4.90 Å². The van der Waals surface area contributed by atoms with Crippen LogP contribution in [0.3, 0.4) is 0 Å². The van der Waals surface area contributed by atoms with Crippen molar-refractivity contribution in [3.63, 3.8) is 0 Å². The Morgan fingerprint density at radius 3 is 3.06 bits per heavy atom. The molecule has 1 aromatic carbocycles. The summed E-state index contributed by atoms with van der Waals surface area (Å²) in [5.74, 6) is 0. The van der Waals surface area contributed by atoms with Gasteiger partial charge in [-0.1, -0.05) is 18.5 Å². The van der Waals surface area contributed by atoms with E-state index in [1.165, 1.54) is 43.9 Å². The zero-order valence-corrected chi connectivity index (χ0v) is 11.1. The summed E-state index contributed by atoms with van der Waals surface area (Å²) < 4.78 is 0. The summed E-state index contributed by atoms with van der Waals surface area (Å²) in [6.45, 7) is 7.06. The predicted molar refractivity (Wildman–Crippen MR) is 73.0 cm³/mol. The molecule has 0 saturated carbocycles. The molecule has 2 heterocycles. The second-order valence-electron chi connectivity index (χ2n) is 5.07. The third kappa shape index (κ3) is 2.04. The van der Waals surface area contributed by atoms with Crippen LogP contribution in [0.5, 0.6) is 0 Å². The molecule has 0 radical (unpaired) electrons. The van der Waals surface area contributed by atoms with E-state index in [0.717, 1.165) is 11.4 Å². The average molecular weight is 251 g/mol. The fourth-order valence-electron chi connectivity index (χ4n) is 3.17. The maximum atomic E-state index is 6.08. The van der Waals surface area contributed by atoms with Gasteiger partial charge in [0.2, 0.25) is 0 Å². The lowest BCUT2D eigenvalue weighted by molar-refractivity contribution is 0.288. The minimum absolute atomic E-state index is 0.658. The molecule has 0 aromatic heterocycles. The van der Waals surface area contributed by atoms with Crippen molar-refractivity contribution < 1.29 is 0 Å². The standard InChI is InChI=1S/C14H19ClN2/c1-2-16-6-3-7-17-13(10-16)9-11-8-12(15)4-5-14(11)17/h4-5,8,13H,2-3,6-7,9-10H2,1H3. The van der Waals surface area contributed by atoms with Crippen LogP contribution in [-0.4, -0.2) is 37.1 Å². The first kappa shape index (κ1) is 11.4. The van der Waals surface area contributed by atoms with Gasteiger partial charge in [-0.3, -0.25) is 0 Å². The lowest BCUT2D eigenvalue weighted by Gasteiger charge is -2.26. The van der Waals surface area contributed by atoms with E-state index in [9.17, 15) is 0 Å². The molecule has 1 atom stereocenters. The van der Waals surface area contributed by atoms with E-state index in [-0.39, 0.29) is 0 Å². The molecule has 2 aliphatic heterocycles. The van der Waals surface area contributed by atoms with Crippen LogP contribution in [0.2, 0.25) is 5.02 Å². The number of likely N-dealkylation sites (N-methyl/N-ethyl adjacent to an activating group) is 1. The fourth-order valence-corrected chi connectivity index (χ4v) is 3.36. The maximum Gasteiger partial charge on any atom is 0.0458 e. The van der Waals surface area contributed by atoms with Gasteiger partial charge < -0.3 is 9.80 Å². The Balaban J connectivity index is 1.88. The molecule has 1 fully saturated rings. The minimum atomic E-state index is 0.658. The van der Waals surface area contributed by atoms with Gasteiger partial charge in [0.05, 0.1) is 0 Å². The zero-order valence-electron chi connectivity index (χ0n) is 10.3. The monoisotopic (exact) mass is 250 g/mol. The van der Waals surface area contributed by atoms with E-state index in [4.69, 9.17) is 11.6 Å². The van der Waals surface area contributed by atoms with Crippen molar-refractivity contribution >= 4 is 17.3 Å². The number of anilines is 1. The van der Waals surface area contributed by atoms with E-state index >= 15 is 0 Å². The number of rotatable bonds is 1. The lowest BCUT2D eigenvalue weighted by Crippen LogP contribution is -2.38. The van der Waals surface area contributed by atoms with Gasteiger partial charge in [0.25, 0.3) is 0 Å². The van der Waals surface area contributed by atoms with Gasteiger partial charge in [0.15, 0.2) is 0 Å². The summed E-state index contributed by atoms with van der Waals surface area (Å²) in [5, 5.41) is 0.869. The van der Waals surface area contributed by atoms with E-state index in [1.807, 2.05) is 6.07 Å². The van der Waals surface area contributed by atoms with E-state index in [0.29, 0.717) is 6.04 Å². The molecule has 2 aliphatic rings. The third-order valence-corrected chi connectivity index (χ3v) is 4.27. The molecular weight excluding hydrogens is 232 g/mol. The smallest absolute Gasteiger partial charge is 0.0458 e. The topological polar surface area (TPSA) is 6.48 Å². The number of fused-ring (bicyclic) bond motifs is 3. The summed E-state index contributed by atoms with van der Waals surface area (Å²) in [6, 6.07) is 7.01. The third-order valence-electron chi connectivity index (χ3n) is 4.04. The molecule has 17 heavy (non-hydrogen) atoms. The molecule has 2 nitrogen and oxygen atoms in total. The van der Waals surface area contributed by atoms with Crippen molar-refractivity contribution in [2.75, 3.05) is 31.1 Å². The van der Waals surface area contributed by atoms with Gasteiger partial charge in [0, 0.05) is 29.8 Å². The average Bonchev–Trinajstić information content (AvgIpc) is 2.53. The Bertz CT molecular complexity index is 419. The molecule has 1 saturated heterocycles. The molecule has 0 N–H and O–H groups in total. The Hall–Kier alpha value is -0.730. The molecular formula is C14H19ClN2. The van der Waals surface area contributed by atoms with Crippen molar-refractivity contribution in [1.29, 1.82) is 0 Å². The first-order chi connectivity index (χ1) is 8.28. The van der Waals surface area contributed by atoms with Crippen LogP contribution >= 0.6 is 11.6 Å². The molecule has 3 heteroatoms. The van der Waals surface area contributed by atoms with Crippen LogP contribution in [0, 0.1) is 0 Å². The Labute approximate surface area is 108 Å². The Morgan fingerprint density at radius 2 is 2.24 bits per heavy atom. The number of halogens is 1. The van der Waals surface area contributed by atoms with Gasteiger partial charge in [-0.25, -0.2) is 0 Å². The Kier molecular flexibility index (Phi) is 3.01. The van der Waals surface area contributed by atoms with Gasteiger partial charge in [-0.05, 0) is 49.7 Å². The quantitative estimate of drug-likeness (QED) is 0.756. The van der Waals surface area contributed by atoms with Crippen molar-refractivity contribution in [2.45, 2.75) is 25.8 Å². The summed E-state index contributed by atoms with van der Waals surface area (Å²) >= 11 is 6.08. The molecule has 3 rings (SSSR count). The second-order valence-corrected chi connectivity index (χ2v) is 5.51. The summed E-state index contributed by atoms with van der Waals surface area (Å²) in [4.78, 5) is 5.15. The highest BCUT2D eigenvalue weighted by Crippen LogP contribution is 2.35. The predicted octanol–water partition coefficient (Wildman–Crippen LogP) is 2.80. The molecule has 0 amide bonds. The van der Waals surface area contributed by atoms with E-state index in [2.05, 4.69) is 28.9 Å². The molecule has 1 aromatic rings. The normalized spacial score (nSPS) is 24.4. The number of hydrogen-bond acceptors (Lipinski definition) is 2. The van der Waals surface area contributed by atoms with E-state index < -0.39 is 0 Å². The van der Waals surface area contributed by atoms with Crippen LogP contribution in [0.4, 0.5) is 5.69 Å². The fraction of sp³-hybridized carbons (Fsp3) is 0.571. The van der Waals surface area contributed by atoms with Gasteiger partial charge in [0.1, 0.15) is 0 Å². The Morgan fingerprint density at radius 1 is 1.35 bits per heavy atom. The van der Waals surface area contributed by atoms with E-state index in [1.54, 1.807) is 0 Å². The first-order valence-corrected chi connectivity index (χ1v) is 6.93. The molecule has 1 unspecified atom stereocenters. The number of hydrogen-bond donors (Lipinski definition) is 0. The lowest BCUT2D eigenvalue weighted by atomic mass is 10.1. The highest BCUT2D eigenvalue weighted by atomic mass is 35.5. The van der Waals surface area contributed by atoms with Gasteiger partial charge in [-0.2, -0.15) is 0 Å². The molecule has 0 bridgehead atoms. The van der Waals surface area contributed by atoms with Crippen molar-refractivity contribution in [3.05, 3.63) is 28.8 Å². The second kappa shape index (κ2) is 4.51. The zero-order chi connectivity index (χ0) is 11.8. The van der Waals surface area contributed by atoms with Crippen LogP contribution in [0.25, 0.3) is 0 Å². The van der Waals surface area contributed by atoms with Crippen LogP contribution in [0.1, 0.15) is 18.9 Å². The minimum Gasteiger partial charge on any atom is -0.367 e. The van der Waals surface area contributed by atoms with Crippen molar-refractivity contribution in [1.82, 2.24) is 4.90 Å². The summed E-state index contributed by atoms with van der Waals surface area (Å²) in [7, 11) is 0. The highest BCUT2D eigenvalue weighted by molar-refractivity contribution is 6.30. The highest BCUT2D eigenvalue weighted by Gasteiger charge is 2.31. The van der Waals surface area contributed by atoms with Gasteiger partial charge >= 0.3 is 0 Å².